The number of benzene rings is 1. The summed E-state index contributed by atoms with van der Waals surface area (Å²) in [6.45, 7) is 1.59. The molecule has 0 amide bonds. The molecule has 1 atom stereocenters. The average molecular weight is 252 g/mol. The molecule has 1 aromatic carbocycles. The first-order chi connectivity index (χ1) is 8.76. The number of aliphatic hydroxyl groups is 1. The van der Waals surface area contributed by atoms with Gasteiger partial charge in [0, 0.05) is 13.1 Å². The zero-order valence-corrected chi connectivity index (χ0v) is 10.8. The van der Waals surface area contributed by atoms with Gasteiger partial charge in [0.25, 0.3) is 0 Å². The lowest BCUT2D eigenvalue weighted by molar-refractivity contribution is 0.239. The third-order valence-electron chi connectivity index (χ3n) is 3.54. The molecule has 2 rings (SSSR count). The fourth-order valence-corrected chi connectivity index (χ4v) is 2.60. The molecule has 1 unspecified atom stereocenters. The van der Waals surface area contributed by atoms with E-state index < -0.39 is 0 Å². The van der Waals surface area contributed by atoms with Crippen LogP contribution in [0.15, 0.2) is 18.2 Å². The summed E-state index contributed by atoms with van der Waals surface area (Å²) in [7, 11) is 1.85. The minimum atomic E-state index is -0.192. The van der Waals surface area contributed by atoms with Gasteiger partial charge in [-0.25, -0.2) is 4.39 Å². The minimum absolute atomic E-state index is 0.0587. The van der Waals surface area contributed by atoms with Crippen molar-refractivity contribution in [3.05, 3.63) is 29.6 Å². The zero-order chi connectivity index (χ0) is 13.0. The van der Waals surface area contributed by atoms with Crippen LogP contribution in [0.5, 0.6) is 0 Å². The lowest BCUT2D eigenvalue weighted by Crippen LogP contribution is -2.42. The fraction of sp³-hybridized carbons (Fsp3) is 0.571. The highest BCUT2D eigenvalue weighted by atomic mass is 19.1. The maximum atomic E-state index is 14.1. The van der Waals surface area contributed by atoms with Crippen molar-refractivity contribution in [1.82, 2.24) is 5.32 Å². The second-order valence-corrected chi connectivity index (χ2v) is 4.84. The minimum Gasteiger partial charge on any atom is -0.394 e. The van der Waals surface area contributed by atoms with Gasteiger partial charge in [-0.2, -0.15) is 0 Å². The SMILES string of the molecule is CNCc1ccc(N2CCCCC2CO)c(F)c1. The number of nitrogens with one attached hydrogen (secondary N) is 1. The number of hydrogen-bond acceptors (Lipinski definition) is 3. The van der Waals surface area contributed by atoms with Crippen molar-refractivity contribution >= 4 is 5.69 Å². The van der Waals surface area contributed by atoms with Gasteiger partial charge in [-0.3, -0.25) is 0 Å². The highest BCUT2D eigenvalue weighted by Crippen LogP contribution is 2.27. The first kappa shape index (κ1) is 13.3. The van der Waals surface area contributed by atoms with Crippen molar-refractivity contribution in [1.29, 1.82) is 0 Å². The molecule has 0 saturated carbocycles. The molecule has 1 aromatic rings. The number of aliphatic hydroxyl groups excluding tert-OH is 1. The number of rotatable bonds is 4. The van der Waals surface area contributed by atoms with E-state index in [2.05, 4.69) is 5.32 Å². The largest absolute Gasteiger partial charge is 0.394 e. The Morgan fingerprint density at radius 1 is 1.44 bits per heavy atom. The molecule has 0 radical (unpaired) electrons. The highest BCUT2D eigenvalue weighted by molar-refractivity contribution is 5.50. The summed E-state index contributed by atoms with van der Waals surface area (Å²) in [6.07, 6.45) is 3.11. The quantitative estimate of drug-likeness (QED) is 0.859. The summed E-state index contributed by atoms with van der Waals surface area (Å²) in [5.74, 6) is -0.192. The van der Waals surface area contributed by atoms with Crippen LogP contribution in [0.4, 0.5) is 10.1 Å². The van der Waals surface area contributed by atoms with Crippen LogP contribution < -0.4 is 10.2 Å². The first-order valence-corrected chi connectivity index (χ1v) is 6.56. The van der Waals surface area contributed by atoms with Gasteiger partial charge in [-0.05, 0) is 44.0 Å². The second kappa shape index (κ2) is 6.16. The Kier molecular flexibility index (Phi) is 4.55. The standard InChI is InChI=1S/C14H21FN2O/c1-16-9-11-5-6-14(13(15)8-11)17-7-3-2-4-12(17)10-18/h5-6,8,12,16,18H,2-4,7,9-10H2,1H3. The van der Waals surface area contributed by atoms with E-state index in [0.29, 0.717) is 12.2 Å². The molecule has 4 heteroatoms. The summed E-state index contributed by atoms with van der Waals surface area (Å²) in [5, 5.41) is 12.4. The number of hydrogen-bond donors (Lipinski definition) is 2. The Bertz CT molecular complexity index is 397. The van der Waals surface area contributed by atoms with Gasteiger partial charge in [0.05, 0.1) is 18.3 Å². The third kappa shape index (κ3) is 2.82. The van der Waals surface area contributed by atoms with Crippen molar-refractivity contribution in [3.8, 4) is 0 Å². The van der Waals surface area contributed by atoms with Crippen LogP contribution in [-0.2, 0) is 6.54 Å². The average Bonchev–Trinajstić information content (AvgIpc) is 2.39. The van der Waals surface area contributed by atoms with Crippen LogP contribution in [0.1, 0.15) is 24.8 Å². The monoisotopic (exact) mass is 252 g/mol. The molecule has 1 aliphatic heterocycles. The zero-order valence-electron chi connectivity index (χ0n) is 10.8. The van der Waals surface area contributed by atoms with Crippen molar-refractivity contribution in [2.45, 2.75) is 31.8 Å². The lowest BCUT2D eigenvalue weighted by Gasteiger charge is -2.36. The summed E-state index contributed by atoms with van der Waals surface area (Å²) in [6, 6.07) is 5.41. The molecule has 1 aliphatic rings. The van der Waals surface area contributed by atoms with E-state index in [0.717, 1.165) is 31.4 Å². The molecule has 2 N–H and O–H groups in total. The molecule has 1 fully saturated rings. The van der Waals surface area contributed by atoms with E-state index in [-0.39, 0.29) is 18.5 Å². The van der Waals surface area contributed by atoms with Crippen molar-refractivity contribution < 1.29 is 9.50 Å². The van der Waals surface area contributed by atoms with Gasteiger partial charge < -0.3 is 15.3 Å². The van der Waals surface area contributed by atoms with Gasteiger partial charge in [0.1, 0.15) is 5.82 Å². The fourth-order valence-electron chi connectivity index (χ4n) is 2.60. The van der Waals surface area contributed by atoms with E-state index in [9.17, 15) is 9.50 Å². The van der Waals surface area contributed by atoms with Crippen LogP contribution in [-0.4, -0.2) is 31.3 Å². The van der Waals surface area contributed by atoms with Gasteiger partial charge in [0.15, 0.2) is 0 Å². The predicted molar refractivity (Wildman–Crippen MR) is 71.2 cm³/mol. The van der Waals surface area contributed by atoms with Crippen LogP contribution >= 0.6 is 0 Å². The van der Waals surface area contributed by atoms with E-state index >= 15 is 0 Å². The van der Waals surface area contributed by atoms with Crippen molar-refractivity contribution in [2.24, 2.45) is 0 Å². The predicted octanol–water partition coefficient (Wildman–Crippen LogP) is 1.90. The van der Waals surface area contributed by atoms with Crippen LogP contribution in [0, 0.1) is 5.82 Å². The topological polar surface area (TPSA) is 35.5 Å². The molecular weight excluding hydrogens is 231 g/mol. The van der Waals surface area contributed by atoms with Crippen LogP contribution in [0.3, 0.4) is 0 Å². The number of piperidine rings is 1. The Morgan fingerprint density at radius 2 is 2.28 bits per heavy atom. The molecule has 0 aromatic heterocycles. The molecule has 18 heavy (non-hydrogen) atoms. The summed E-state index contributed by atoms with van der Waals surface area (Å²) in [4.78, 5) is 2.00. The lowest BCUT2D eigenvalue weighted by atomic mass is 10.0. The van der Waals surface area contributed by atoms with E-state index in [1.54, 1.807) is 6.07 Å². The van der Waals surface area contributed by atoms with Gasteiger partial charge in [-0.15, -0.1) is 0 Å². The van der Waals surface area contributed by atoms with Crippen molar-refractivity contribution in [3.63, 3.8) is 0 Å². The number of halogens is 1. The maximum absolute atomic E-state index is 14.1. The number of anilines is 1. The molecule has 1 saturated heterocycles. The third-order valence-corrected chi connectivity index (χ3v) is 3.54. The van der Waals surface area contributed by atoms with Gasteiger partial charge >= 0.3 is 0 Å². The second-order valence-electron chi connectivity index (χ2n) is 4.84. The molecule has 0 aliphatic carbocycles. The Labute approximate surface area is 108 Å². The maximum Gasteiger partial charge on any atom is 0.146 e. The first-order valence-electron chi connectivity index (χ1n) is 6.56. The van der Waals surface area contributed by atoms with Gasteiger partial charge in [-0.1, -0.05) is 6.07 Å². The van der Waals surface area contributed by atoms with E-state index in [4.69, 9.17) is 0 Å². The van der Waals surface area contributed by atoms with E-state index in [1.807, 2.05) is 24.1 Å². The highest BCUT2D eigenvalue weighted by Gasteiger charge is 2.23. The normalized spacial score (nSPS) is 20.2. The van der Waals surface area contributed by atoms with Crippen LogP contribution in [0.25, 0.3) is 0 Å². The molecule has 0 bridgehead atoms. The Morgan fingerprint density at radius 3 is 2.94 bits per heavy atom. The smallest absolute Gasteiger partial charge is 0.146 e. The van der Waals surface area contributed by atoms with Gasteiger partial charge in [0.2, 0.25) is 0 Å². The molecule has 3 nitrogen and oxygen atoms in total. The summed E-state index contributed by atoms with van der Waals surface area (Å²) >= 11 is 0. The summed E-state index contributed by atoms with van der Waals surface area (Å²) < 4.78 is 14.1. The molecule has 100 valence electrons. The van der Waals surface area contributed by atoms with Crippen molar-refractivity contribution in [2.75, 3.05) is 25.1 Å². The summed E-state index contributed by atoms with van der Waals surface area (Å²) in [5.41, 5.74) is 1.56. The number of nitrogens with zero attached hydrogens (tertiary/aromatic N) is 1. The Balaban J connectivity index is 2.21. The molecule has 0 spiro atoms. The van der Waals surface area contributed by atoms with E-state index in [1.165, 1.54) is 0 Å². The Hall–Kier alpha value is -1.13. The molecule has 1 heterocycles. The molecular formula is C14H21FN2O. The van der Waals surface area contributed by atoms with Crippen LogP contribution in [0.2, 0.25) is 0 Å².